The quantitative estimate of drug-likeness (QED) is 0.754. The third kappa shape index (κ3) is 4.73. The zero-order valence-corrected chi connectivity index (χ0v) is 16.2. The van der Waals surface area contributed by atoms with E-state index in [1.165, 1.54) is 12.0 Å². The molecule has 0 spiro atoms. The lowest BCUT2D eigenvalue weighted by atomic mass is 9.99. The largest absolute Gasteiger partial charge is 0.481 e. The third-order valence-corrected chi connectivity index (χ3v) is 4.93. The highest BCUT2D eigenvalue weighted by molar-refractivity contribution is 5.22. The summed E-state index contributed by atoms with van der Waals surface area (Å²) in [4.78, 5) is 11.4. The van der Waals surface area contributed by atoms with Crippen LogP contribution in [-0.4, -0.2) is 41.2 Å². The van der Waals surface area contributed by atoms with E-state index in [1.54, 1.807) is 7.11 Å². The Hall–Kier alpha value is -2.14. The fourth-order valence-electron chi connectivity index (χ4n) is 3.56. The van der Waals surface area contributed by atoms with Crippen LogP contribution in [0.1, 0.15) is 44.5 Å². The summed E-state index contributed by atoms with van der Waals surface area (Å²) < 4.78 is 11.0. The number of methoxy groups -OCH3 is 1. The van der Waals surface area contributed by atoms with Crippen LogP contribution in [0.15, 0.2) is 36.5 Å². The summed E-state index contributed by atoms with van der Waals surface area (Å²) in [6.07, 6.45) is 4.27. The molecule has 3 rings (SSSR count). The van der Waals surface area contributed by atoms with Crippen LogP contribution >= 0.6 is 0 Å². The summed E-state index contributed by atoms with van der Waals surface area (Å²) >= 11 is 0. The van der Waals surface area contributed by atoms with Crippen LogP contribution in [0.4, 0.5) is 0 Å². The molecular formula is C21H29N3O2. The molecule has 140 valence electrons. The van der Waals surface area contributed by atoms with Gasteiger partial charge in [-0.1, -0.05) is 6.07 Å². The molecule has 2 aromatic rings. The molecule has 0 aliphatic carbocycles. The Balaban J connectivity index is 1.60. The van der Waals surface area contributed by atoms with Gasteiger partial charge in [-0.3, -0.25) is 4.90 Å². The molecule has 3 heterocycles. The lowest BCUT2D eigenvalue weighted by Gasteiger charge is -2.24. The Kier molecular flexibility index (Phi) is 6.09. The fourth-order valence-corrected chi connectivity index (χ4v) is 3.56. The average Bonchev–Trinajstić information content (AvgIpc) is 3.09. The number of pyridine rings is 2. The molecule has 0 radical (unpaired) electrons. The minimum atomic E-state index is 0.149. The van der Waals surface area contributed by atoms with E-state index in [4.69, 9.17) is 9.47 Å². The van der Waals surface area contributed by atoms with Crippen molar-refractivity contribution in [3.63, 3.8) is 0 Å². The van der Waals surface area contributed by atoms with E-state index < -0.39 is 0 Å². The van der Waals surface area contributed by atoms with Gasteiger partial charge in [-0.05, 0) is 63.8 Å². The average molecular weight is 355 g/mol. The number of rotatable bonds is 7. The van der Waals surface area contributed by atoms with Crippen molar-refractivity contribution in [1.29, 1.82) is 0 Å². The molecule has 2 atom stereocenters. The van der Waals surface area contributed by atoms with Crippen LogP contribution in [0.5, 0.6) is 11.8 Å². The highest BCUT2D eigenvalue weighted by Gasteiger charge is 2.27. The Bertz CT molecular complexity index is 720. The summed E-state index contributed by atoms with van der Waals surface area (Å²) in [6.45, 7) is 8.47. The summed E-state index contributed by atoms with van der Waals surface area (Å²) in [7, 11) is 1.66. The molecule has 2 unspecified atom stereocenters. The lowest BCUT2D eigenvalue weighted by Crippen LogP contribution is -2.25. The second-order valence-electron chi connectivity index (χ2n) is 7.30. The van der Waals surface area contributed by atoms with E-state index in [0.29, 0.717) is 17.8 Å². The smallest absolute Gasteiger partial charge is 0.213 e. The van der Waals surface area contributed by atoms with Crippen molar-refractivity contribution >= 4 is 0 Å². The van der Waals surface area contributed by atoms with Crippen LogP contribution in [0.2, 0.25) is 0 Å². The molecular weight excluding hydrogens is 326 g/mol. The maximum Gasteiger partial charge on any atom is 0.213 e. The van der Waals surface area contributed by atoms with Crippen molar-refractivity contribution < 1.29 is 9.47 Å². The van der Waals surface area contributed by atoms with Crippen molar-refractivity contribution in [1.82, 2.24) is 14.9 Å². The molecule has 5 nitrogen and oxygen atoms in total. The van der Waals surface area contributed by atoms with E-state index in [2.05, 4.69) is 40.0 Å². The molecule has 1 aliphatic rings. The predicted octanol–water partition coefficient (Wildman–Crippen LogP) is 3.90. The number of aromatic nitrogens is 2. The normalized spacial score (nSPS) is 18.9. The van der Waals surface area contributed by atoms with Crippen molar-refractivity contribution in [2.24, 2.45) is 5.92 Å². The Labute approximate surface area is 156 Å². The summed E-state index contributed by atoms with van der Waals surface area (Å²) in [5.74, 6) is 2.05. The minimum absolute atomic E-state index is 0.149. The standard InChI is InChI=1S/C21H29N3O2/c1-15(2)26-21-13-17(8-10-22-21)12-18-9-11-24(14-18)16(3)19-6-5-7-20(23-19)25-4/h5-8,10,13,15-16,18H,9,11-12,14H2,1-4H3. The molecule has 0 amide bonds. The maximum absolute atomic E-state index is 5.72. The van der Waals surface area contributed by atoms with Crippen LogP contribution in [0.3, 0.4) is 0 Å². The predicted molar refractivity (Wildman–Crippen MR) is 103 cm³/mol. The van der Waals surface area contributed by atoms with Gasteiger partial charge in [-0.15, -0.1) is 0 Å². The molecule has 0 bridgehead atoms. The van der Waals surface area contributed by atoms with Gasteiger partial charge in [-0.2, -0.15) is 0 Å². The molecule has 0 saturated carbocycles. The van der Waals surface area contributed by atoms with E-state index in [-0.39, 0.29) is 6.10 Å². The number of ether oxygens (including phenoxy) is 2. The van der Waals surface area contributed by atoms with Gasteiger partial charge in [0.1, 0.15) is 0 Å². The summed E-state index contributed by atoms with van der Waals surface area (Å²) in [5.41, 5.74) is 2.37. The van der Waals surface area contributed by atoms with Gasteiger partial charge in [0.05, 0.1) is 18.9 Å². The topological polar surface area (TPSA) is 47.5 Å². The van der Waals surface area contributed by atoms with E-state index in [9.17, 15) is 0 Å². The van der Waals surface area contributed by atoms with Crippen LogP contribution in [-0.2, 0) is 6.42 Å². The molecule has 1 saturated heterocycles. The van der Waals surface area contributed by atoms with Gasteiger partial charge >= 0.3 is 0 Å². The first-order valence-electron chi connectivity index (χ1n) is 9.41. The molecule has 1 fully saturated rings. The van der Waals surface area contributed by atoms with E-state index in [0.717, 1.165) is 31.1 Å². The SMILES string of the molecule is COc1cccc(C(C)N2CCC(Cc3ccnc(OC(C)C)c3)C2)n1. The van der Waals surface area contributed by atoms with Crippen molar-refractivity contribution in [2.75, 3.05) is 20.2 Å². The number of hydrogen-bond donors (Lipinski definition) is 0. The molecule has 0 aromatic carbocycles. The first-order chi connectivity index (χ1) is 12.5. The zero-order valence-electron chi connectivity index (χ0n) is 16.2. The molecule has 26 heavy (non-hydrogen) atoms. The van der Waals surface area contributed by atoms with Gasteiger partial charge in [-0.25, -0.2) is 9.97 Å². The van der Waals surface area contributed by atoms with Gasteiger partial charge in [0.15, 0.2) is 0 Å². The van der Waals surface area contributed by atoms with Crippen molar-refractivity contribution in [3.05, 3.63) is 47.8 Å². The Morgan fingerprint density at radius 3 is 2.81 bits per heavy atom. The summed E-state index contributed by atoms with van der Waals surface area (Å²) in [5, 5.41) is 0. The number of hydrogen-bond acceptors (Lipinski definition) is 5. The second kappa shape index (κ2) is 8.49. The lowest BCUT2D eigenvalue weighted by molar-refractivity contribution is 0.232. The van der Waals surface area contributed by atoms with Crippen LogP contribution < -0.4 is 9.47 Å². The second-order valence-corrected chi connectivity index (χ2v) is 7.30. The third-order valence-electron chi connectivity index (χ3n) is 4.93. The Morgan fingerprint density at radius 1 is 1.19 bits per heavy atom. The van der Waals surface area contributed by atoms with Gasteiger partial charge in [0.2, 0.25) is 11.8 Å². The molecule has 1 aliphatic heterocycles. The zero-order chi connectivity index (χ0) is 18.5. The van der Waals surface area contributed by atoms with Crippen LogP contribution in [0, 0.1) is 5.92 Å². The monoisotopic (exact) mass is 355 g/mol. The molecule has 0 N–H and O–H groups in total. The fraction of sp³-hybridized carbons (Fsp3) is 0.524. The highest BCUT2D eigenvalue weighted by Crippen LogP contribution is 2.29. The van der Waals surface area contributed by atoms with Crippen molar-refractivity contribution in [2.45, 2.75) is 45.8 Å². The van der Waals surface area contributed by atoms with Gasteiger partial charge < -0.3 is 9.47 Å². The van der Waals surface area contributed by atoms with Crippen molar-refractivity contribution in [3.8, 4) is 11.8 Å². The first-order valence-corrected chi connectivity index (χ1v) is 9.41. The molecule has 5 heteroatoms. The highest BCUT2D eigenvalue weighted by atomic mass is 16.5. The summed E-state index contributed by atoms with van der Waals surface area (Å²) in [6, 6.07) is 10.5. The van der Waals surface area contributed by atoms with Gasteiger partial charge in [0, 0.05) is 30.9 Å². The number of likely N-dealkylation sites (tertiary alicyclic amines) is 1. The first kappa shape index (κ1) is 18.6. The number of nitrogens with zero attached hydrogens (tertiary/aromatic N) is 3. The maximum atomic E-state index is 5.72. The molecule has 2 aromatic heterocycles. The van der Waals surface area contributed by atoms with Crippen LogP contribution in [0.25, 0.3) is 0 Å². The Morgan fingerprint density at radius 2 is 2.04 bits per heavy atom. The van der Waals surface area contributed by atoms with Gasteiger partial charge in [0.25, 0.3) is 0 Å². The minimum Gasteiger partial charge on any atom is -0.481 e. The van der Waals surface area contributed by atoms with E-state index in [1.807, 2.05) is 32.2 Å². The van der Waals surface area contributed by atoms with E-state index >= 15 is 0 Å².